The van der Waals surface area contributed by atoms with Crippen molar-refractivity contribution in [2.45, 2.75) is 64.8 Å². The molecule has 1 aromatic rings. The van der Waals surface area contributed by atoms with Gasteiger partial charge in [0.05, 0.1) is 6.33 Å². The summed E-state index contributed by atoms with van der Waals surface area (Å²) < 4.78 is 2.43. The monoisotopic (exact) mass is 263 g/mol. The summed E-state index contributed by atoms with van der Waals surface area (Å²) >= 11 is 0. The lowest BCUT2D eigenvalue weighted by Gasteiger charge is -2.36. The Hall–Kier alpha value is -0.830. The van der Waals surface area contributed by atoms with Gasteiger partial charge in [-0.05, 0) is 45.2 Å². The minimum absolute atomic E-state index is 0.297. The van der Waals surface area contributed by atoms with Crippen molar-refractivity contribution in [2.75, 3.05) is 13.1 Å². The van der Waals surface area contributed by atoms with Gasteiger partial charge in [-0.1, -0.05) is 27.2 Å². The predicted molar refractivity (Wildman–Crippen MR) is 80.5 cm³/mol. The number of rotatable bonds is 5. The van der Waals surface area contributed by atoms with E-state index in [2.05, 4.69) is 48.8 Å². The van der Waals surface area contributed by atoms with Gasteiger partial charge in [-0.15, -0.1) is 0 Å². The third-order valence-corrected chi connectivity index (χ3v) is 4.91. The maximum Gasteiger partial charge on any atom is 0.0950 e. The van der Waals surface area contributed by atoms with E-state index in [0.717, 1.165) is 19.0 Å². The number of aromatic nitrogens is 2. The summed E-state index contributed by atoms with van der Waals surface area (Å²) in [4.78, 5) is 4.44. The molecule has 0 bridgehead atoms. The van der Waals surface area contributed by atoms with E-state index in [4.69, 9.17) is 0 Å². The fourth-order valence-corrected chi connectivity index (χ4v) is 3.22. The molecule has 2 heterocycles. The van der Waals surface area contributed by atoms with E-state index < -0.39 is 0 Å². The van der Waals surface area contributed by atoms with Gasteiger partial charge in [0.1, 0.15) is 0 Å². The quantitative estimate of drug-likeness (QED) is 0.881. The van der Waals surface area contributed by atoms with Crippen LogP contribution in [0.2, 0.25) is 0 Å². The maximum atomic E-state index is 4.44. The number of hydrogen-bond acceptors (Lipinski definition) is 2. The van der Waals surface area contributed by atoms with Crippen molar-refractivity contribution in [1.29, 1.82) is 0 Å². The number of nitrogens with zero attached hydrogens (tertiary/aromatic N) is 2. The molecule has 1 aliphatic heterocycles. The van der Waals surface area contributed by atoms with E-state index in [1.807, 2.05) is 6.33 Å². The molecular weight excluding hydrogens is 234 g/mol. The summed E-state index contributed by atoms with van der Waals surface area (Å²) in [6.45, 7) is 11.6. The lowest BCUT2D eigenvalue weighted by molar-refractivity contribution is 0.300. The van der Waals surface area contributed by atoms with Crippen LogP contribution in [-0.4, -0.2) is 22.6 Å². The summed E-state index contributed by atoms with van der Waals surface area (Å²) in [5.74, 6) is 0.783. The van der Waals surface area contributed by atoms with Gasteiger partial charge in [0.15, 0.2) is 0 Å². The number of nitrogens with one attached hydrogen (secondary N) is 1. The molecule has 0 spiro atoms. The Morgan fingerprint density at radius 1 is 1.37 bits per heavy atom. The van der Waals surface area contributed by atoms with Crippen molar-refractivity contribution in [1.82, 2.24) is 14.9 Å². The Morgan fingerprint density at radius 2 is 2.05 bits per heavy atom. The van der Waals surface area contributed by atoms with E-state index in [1.165, 1.54) is 31.4 Å². The molecule has 0 saturated carbocycles. The number of hydrogen-bond donors (Lipinski definition) is 1. The van der Waals surface area contributed by atoms with Crippen LogP contribution in [0.4, 0.5) is 0 Å². The lowest BCUT2D eigenvalue weighted by Crippen LogP contribution is -2.39. The van der Waals surface area contributed by atoms with Crippen LogP contribution in [0.3, 0.4) is 0 Å². The van der Waals surface area contributed by atoms with Gasteiger partial charge in [0, 0.05) is 23.3 Å². The summed E-state index contributed by atoms with van der Waals surface area (Å²) in [7, 11) is 0. The number of imidazole rings is 1. The largest absolute Gasteiger partial charge is 0.331 e. The summed E-state index contributed by atoms with van der Waals surface area (Å²) in [6.07, 6.45) is 9.07. The average Bonchev–Trinajstić information content (AvgIpc) is 2.89. The minimum Gasteiger partial charge on any atom is -0.331 e. The zero-order valence-electron chi connectivity index (χ0n) is 12.9. The third kappa shape index (κ3) is 3.19. The third-order valence-electron chi connectivity index (χ3n) is 4.91. The zero-order valence-corrected chi connectivity index (χ0v) is 12.9. The molecule has 1 aromatic heterocycles. The van der Waals surface area contributed by atoms with Gasteiger partial charge in [-0.3, -0.25) is 0 Å². The Labute approximate surface area is 117 Å². The first-order chi connectivity index (χ1) is 9.07. The molecule has 0 radical (unpaired) electrons. The van der Waals surface area contributed by atoms with Crippen LogP contribution < -0.4 is 5.32 Å². The Bertz CT molecular complexity index is 390. The van der Waals surface area contributed by atoms with Gasteiger partial charge in [0.2, 0.25) is 0 Å². The van der Waals surface area contributed by atoms with Crippen LogP contribution in [0.1, 0.15) is 65.1 Å². The van der Waals surface area contributed by atoms with Crippen LogP contribution in [0.25, 0.3) is 0 Å². The molecule has 1 saturated heterocycles. The van der Waals surface area contributed by atoms with Crippen LogP contribution in [-0.2, 0) is 5.41 Å². The molecule has 0 amide bonds. The summed E-state index contributed by atoms with van der Waals surface area (Å²) in [5.41, 5.74) is 1.73. The highest BCUT2D eigenvalue weighted by atomic mass is 15.1. The van der Waals surface area contributed by atoms with Crippen LogP contribution >= 0.6 is 0 Å². The molecule has 19 heavy (non-hydrogen) atoms. The second-order valence-corrected chi connectivity index (χ2v) is 6.59. The second kappa shape index (κ2) is 6.08. The summed E-state index contributed by atoms with van der Waals surface area (Å²) in [6, 6.07) is 0.555. The molecule has 0 aromatic carbocycles. The van der Waals surface area contributed by atoms with Gasteiger partial charge >= 0.3 is 0 Å². The van der Waals surface area contributed by atoms with Gasteiger partial charge < -0.3 is 9.88 Å². The molecule has 3 heteroatoms. The average molecular weight is 263 g/mol. The highest BCUT2D eigenvalue weighted by Crippen LogP contribution is 2.35. The fraction of sp³-hybridized carbons (Fsp3) is 0.812. The van der Waals surface area contributed by atoms with E-state index in [0.29, 0.717) is 11.5 Å². The molecule has 0 aliphatic carbocycles. The van der Waals surface area contributed by atoms with Crippen molar-refractivity contribution < 1.29 is 0 Å². The molecule has 1 fully saturated rings. The first-order valence-corrected chi connectivity index (χ1v) is 7.80. The molecule has 1 aliphatic rings. The molecule has 2 rings (SSSR count). The van der Waals surface area contributed by atoms with E-state index in [-0.39, 0.29) is 0 Å². The lowest BCUT2D eigenvalue weighted by atomic mass is 9.78. The first-order valence-electron chi connectivity index (χ1n) is 7.80. The van der Waals surface area contributed by atoms with Crippen molar-refractivity contribution in [3.63, 3.8) is 0 Å². The zero-order chi connectivity index (χ0) is 13.9. The SMILES string of the molecule is CCC(C)CC(C)n1cncc1C1(C)CCNCC1. The normalized spacial score (nSPS) is 22.1. The molecule has 3 nitrogen and oxygen atoms in total. The van der Waals surface area contributed by atoms with Crippen molar-refractivity contribution in [3.8, 4) is 0 Å². The van der Waals surface area contributed by atoms with Crippen LogP contribution in [0, 0.1) is 5.92 Å². The Morgan fingerprint density at radius 3 is 2.68 bits per heavy atom. The maximum absolute atomic E-state index is 4.44. The van der Waals surface area contributed by atoms with Gasteiger partial charge in [0.25, 0.3) is 0 Å². The molecule has 2 atom stereocenters. The molecule has 108 valence electrons. The smallest absolute Gasteiger partial charge is 0.0950 e. The fourth-order valence-electron chi connectivity index (χ4n) is 3.22. The van der Waals surface area contributed by atoms with Gasteiger partial charge in [-0.25, -0.2) is 4.98 Å². The topological polar surface area (TPSA) is 29.9 Å². The minimum atomic E-state index is 0.297. The predicted octanol–water partition coefficient (Wildman–Crippen LogP) is 3.52. The van der Waals surface area contributed by atoms with Crippen molar-refractivity contribution >= 4 is 0 Å². The van der Waals surface area contributed by atoms with E-state index in [9.17, 15) is 0 Å². The van der Waals surface area contributed by atoms with Gasteiger partial charge in [-0.2, -0.15) is 0 Å². The second-order valence-electron chi connectivity index (χ2n) is 6.59. The highest BCUT2D eigenvalue weighted by Gasteiger charge is 2.32. The highest BCUT2D eigenvalue weighted by molar-refractivity contribution is 5.16. The van der Waals surface area contributed by atoms with Crippen molar-refractivity contribution in [2.24, 2.45) is 5.92 Å². The number of piperidine rings is 1. The first kappa shape index (κ1) is 14.6. The summed E-state index contributed by atoms with van der Waals surface area (Å²) in [5, 5.41) is 3.46. The van der Waals surface area contributed by atoms with Crippen molar-refractivity contribution in [3.05, 3.63) is 18.2 Å². The standard InChI is InChI=1S/C16H29N3/c1-5-13(2)10-14(3)19-12-18-11-15(19)16(4)6-8-17-9-7-16/h11-14,17H,5-10H2,1-4H3. The Balaban J connectivity index is 2.16. The molecule has 1 N–H and O–H groups in total. The van der Waals surface area contributed by atoms with Crippen LogP contribution in [0.5, 0.6) is 0 Å². The van der Waals surface area contributed by atoms with Crippen LogP contribution in [0.15, 0.2) is 12.5 Å². The molecular formula is C16H29N3. The van der Waals surface area contributed by atoms with E-state index in [1.54, 1.807) is 0 Å². The van der Waals surface area contributed by atoms with E-state index >= 15 is 0 Å². The molecule has 2 unspecified atom stereocenters. The Kier molecular flexibility index (Phi) is 4.67.